The molecule has 3 heteroatoms. The van der Waals surface area contributed by atoms with Crippen LogP contribution < -0.4 is 5.32 Å². The van der Waals surface area contributed by atoms with Crippen molar-refractivity contribution in [3.05, 3.63) is 47.5 Å². The summed E-state index contributed by atoms with van der Waals surface area (Å²) in [5, 5.41) is 12.1. The van der Waals surface area contributed by atoms with Gasteiger partial charge in [-0.25, -0.2) is 0 Å². The van der Waals surface area contributed by atoms with Crippen LogP contribution in [0.15, 0.2) is 30.9 Å². The van der Waals surface area contributed by atoms with Crippen LogP contribution in [0.2, 0.25) is 0 Å². The molecule has 0 fully saturated rings. The van der Waals surface area contributed by atoms with Gasteiger partial charge in [0.2, 0.25) is 0 Å². The van der Waals surface area contributed by atoms with Gasteiger partial charge in [-0.1, -0.05) is 49.9 Å². The third-order valence-electron chi connectivity index (χ3n) is 2.91. The van der Waals surface area contributed by atoms with Gasteiger partial charge in [0.05, 0.1) is 0 Å². The van der Waals surface area contributed by atoms with Crippen LogP contribution in [0.3, 0.4) is 0 Å². The van der Waals surface area contributed by atoms with Crippen molar-refractivity contribution in [2.75, 3.05) is 6.54 Å². The molecule has 0 radical (unpaired) electrons. The van der Waals surface area contributed by atoms with Gasteiger partial charge in [-0.05, 0) is 36.6 Å². The van der Waals surface area contributed by atoms with Gasteiger partial charge in [-0.2, -0.15) is 0 Å². The van der Waals surface area contributed by atoms with Crippen LogP contribution in [0.5, 0.6) is 0 Å². The molecule has 0 aliphatic heterocycles. The minimum Gasteiger partial charge on any atom is -0.480 e. The van der Waals surface area contributed by atoms with Crippen LogP contribution in [0.1, 0.15) is 30.5 Å². The van der Waals surface area contributed by atoms with Gasteiger partial charge >= 0.3 is 5.97 Å². The first-order valence-electron chi connectivity index (χ1n) is 6.46. The smallest absolute Gasteiger partial charge is 0.321 e. The van der Waals surface area contributed by atoms with Crippen LogP contribution in [0.4, 0.5) is 0 Å². The van der Waals surface area contributed by atoms with Crippen LogP contribution in [0.25, 0.3) is 12.2 Å². The molecule has 0 spiro atoms. The zero-order valence-electron chi connectivity index (χ0n) is 11.5. The Balaban J connectivity index is 2.95. The van der Waals surface area contributed by atoms with Gasteiger partial charge in [-0.15, -0.1) is 0 Å². The van der Waals surface area contributed by atoms with E-state index in [2.05, 4.69) is 11.9 Å². The lowest BCUT2D eigenvalue weighted by Crippen LogP contribution is -2.38. The number of hydrogen-bond donors (Lipinski definition) is 2. The summed E-state index contributed by atoms with van der Waals surface area (Å²) in [5.74, 6) is -0.820. The Labute approximate surface area is 114 Å². The van der Waals surface area contributed by atoms with Crippen LogP contribution in [-0.2, 0) is 11.2 Å². The second-order valence-electron chi connectivity index (χ2n) is 4.32. The Kier molecular flexibility index (Phi) is 6.03. The first kappa shape index (κ1) is 15.2. The van der Waals surface area contributed by atoms with Crippen molar-refractivity contribution < 1.29 is 9.90 Å². The lowest BCUT2D eigenvalue weighted by Gasteiger charge is -2.14. The molecule has 3 nitrogen and oxygen atoms in total. The maximum Gasteiger partial charge on any atom is 0.321 e. The number of carboxylic acids is 1. The van der Waals surface area contributed by atoms with Crippen LogP contribution in [0, 0.1) is 0 Å². The molecule has 0 aliphatic rings. The molecule has 0 bridgehead atoms. The molecule has 1 aromatic rings. The van der Waals surface area contributed by atoms with Gasteiger partial charge in [0, 0.05) is 0 Å². The largest absolute Gasteiger partial charge is 0.480 e. The van der Waals surface area contributed by atoms with E-state index >= 15 is 0 Å². The Hall–Kier alpha value is -1.87. The van der Waals surface area contributed by atoms with E-state index in [1.165, 1.54) is 0 Å². The molecule has 0 heterocycles. The predicted molar refractivity (Wildman–Crippen MR) is 80.0 cm³/mol. The molecule has 1 rings (SSSR count). The van der Waals surface area contributed by atoms with E-state index in [0.29, 0.717) is 13.0 Å². The van der Waals surface area contributed by atoms with E-state index in [-0.39, 0.29) is 0 Å². The molecule has 19 heavy (non-hydrogen) atoms. The molecule has 0 amide bonds. The van der Waals surface area contributed by atoms with Crippen molar-refractivity contribution in [3.8, 4) is 0 Å². The lowest BCUT2D eigenvalue weighted by atomic mass is 9.99. The third-order valence-corrected chi connectivity index (χ3v) is 2.91. The Morgan fingerprint density at radius 3 is 2.74 bits per heavy atom. The highest BCUT2D eigenvalue weighted by Gasteiger charge is 2.16. The maximum absolute atomic E-state index is 11.1. The number of aliphatic carboxylic acids is 1. The molecule has 0 aromatic heterocycles. The molecular weight excluding hydrogens is 238 g/mol. The number of nitrogens with one attached hydrogen (secondary N) is 1. The topological polar surface area (TPSA) is 49.3 Å². The minimum absolute atomic E-state index is 0.472. The van der Waals surface area contributed by atoms with E-state index in [1.54, 1.807) is 6.08 Å². The monoisotopic (exact) mass is 259 g/mol. The van der Waals surface area contributed by atoms with E-state index < -0.39 is 12.0 Å². The average Bonchev–Trinajstić information content (AvgIpc) is 2.40. The summed E-state index contributed by atoms with van der Waals surface area (Å²) in [6.45, 7) is 8.31. The zero-order chi connectivity index (χ0) is 14.3. The second kappa shape index (κ2) is 7.54. The molecule has 1 atom stereocenters. The fourth-order valence-corrected chi connectivity index (χ4v) is 1.99. The summed E-state index contributed by atoms with van der Waals surface area (Å²) >= 11 is 0. The number of carboxylic acid groups (broad SMARTS) is 1. The summed E-state index contributed by atoms with van der Waals surface area (Å²) in [5.41, 5.74) is 3.12. The average molecular weight is 259 g/mol. The fourth-order valence-electron chi connectivity index (χ4n) is 1.99. The Morgan fingerprint density at radius 1 is 1.47 bits per heavy atom. The van der Waals surface area contributed by atoms with E-state index in [9.17, 15) is 4.79 Å². The highest BCUT2D eigenvalue weighted by atomic mass is 16.4. The molecule has 0 saturated carbocycles. The van der Waals surface area contributed by atoms with E-state index in [0.717, 1.165) is 16.7 Å². The fraction of sp³-hybridized carbons (Fsp3) is 0.312. The number of rotatable bonds is 7. The van der Waals surface area contributed by atoms with Crippen LogP contribution >= 0.6 is 0 Å². The molecular formula is C16H21NO2. The van der Waals surface area contributed by atoms with Crippen LogP contribution in [-0.4, -0.2) is 23.7 Å². The number of hydrogen-bond acceptors (Lipinski definition) is 2. The standard InChI is InChI=1S/C16H21NO2/c1-4-7-14-9-8-12(10-13(14)5-2)11-15(16(18)19)17-6-3/h4-5,7-10,15,17H,2,6,11H2,1,3H3,(H,18,19)/b7-4-. The summed E-state index contributed by atoms with van der Waals surface area (Å²) < 4.78 is 0. The first-order chi connectivity index (χ1) is 9.12. The van der Waals surface area contributed by atoms with Gasteiger partial charge < -0.3 is 10.4 Å². The van der Waals surface area contributed by atoms with Crippen molar-refractivity contribution in [1.82, 2.24) is 5.32 Å². The quantitative estimate of drug-likeness (QED) is 0.791. The number of carbonyl (C=O) groups is 1. The first-order valence-corrected chi connectivity index (χ1v) is 6.46. The summed E-state index contributed by atoms with van der Waals surface area (Å²) in [6.07, 6.45) is 6.25. The molecule has 0 saturated heterocycles. The second-order valence-corrected chi connectivity index (χ2v) is 4.32. The Bertz CT molecular complexity index is 478. The molecule has 1 aromatic carbocycles. The highest BCUT2D eigenvalue weighted by molar-refractivity contribution is 5.74. The number of allylic oxidation sites excluding steroid dienone is 1. The lowest BCUT2D eigenvalue weighted by molar-refractivity contribution is -0.139. The summed E-state index contributed by atoms with van der Waals surface area (Å²) in [6, 6.07) is 5.41. The van der Waals surface area contributed by atoms with Crippen molar-refractivity contribution in [2.45, 2.75) is 26.3 Å². The minimum atomic E-state index is -0.820. The van der Waals surface area contributed by atoms with Crippen molar-refractivity contribution in [3.63, 3.8) is 0 Å². The maximum atomic E-state index is 11.1. The zero-order valence-corrected chi connectivity index (χ0v) is 11.5. The van der Waals surface area contributed by atoms with Crippen molar-refractivity contribution in [1.29, 1.82) is 0 Å². The molecule has 2 N–H and O–H groups in total. The highest BCUT2D eigenvalue weighted by Crippen LogP contribution is 2.16. The molecule has 0 aliphatic carbocycles. The SMILES string of the molecule is C=Cc1cc(CC(NCC)C(=O)O)ccc1/C=C\C. The van der Waals surface area contributed by atoms with Gasteiger partial charge in [0.15, 0.2) is 0 Å². The van der Waals surface area contributed by atoms with Crippen molar-refractivity contribution >= 4 is 18.1 Å². The molecule has 1 unspecified atom stereocenters. The third kappa shape index (κ3) is 4.38. The van der Waals surface area contributed by atoms with Crippen molar-refractivity contribution in [2.24, 2.45) is 0 Å². The van der Waals surface area contributed by atoms with E-state index in [4.69, 9.17) is 5.11 Å². The summed E-state index contributed by atoms with van der Waals surface area (Å²) in [7, 11) is 0. The Morgan fingerprint density at radius 2 is 2.21 bits per heavy atom. The predicted octanol–water partition coefficient (Wildman–Crippen LogP) is 2.97. The van der Waals surface area contributed by atoms with Gasteiger partial charge in [0.25, 0.3) is 0 Å². The van der Waals surface area contributed by atoms with Gasteiger partial charge in [0.1, 0.15) is 6.04 Å². The van der Waals surface area contributed by atoms with E-state index in [1.807, 2.05) is 44.2 Å². The number of likely N-dealkylation sites (N-methyl/N-ethyl adjacent to an activating group) is 1. The summed E-state index contributed by atoms with van der Waals surface area (Å²) in [4.78, 5) is 11.1. The number of benzene rings is 1. The normalized spacial score (nSPS) is 12.5. The molecule has 102 valence electrons. The van der Waals surface area contributed by atoms with Gasteiger partial charge in [-0.3, -0.25) is 4.79 Å².